The first-order chi connectivity index (χ1) is 9.19. The average Bonchev–Trinajstić information content (AvgIpc) is 2.45. The van der Waals surface area contributed by atoms with Crippen LogP contribution in [-0.2, 0) is 6.54 Å². The van der Waals surface area contributed by atoms with Gasteiger partial charge in [-0.3, -0.25) is 0 Å². The predicted octanol–water partition coefficient (Wildman–Crippen LogP) is 2.56. The molecule has 0 aliphatic carbocycles. The van der Waals surface area contributed by atoms with Gasteiger partial charge in [-0.2, -0.15) is 0 Å². The van der Waals surface area contributed by atoms with Crippen LogP contribution >= 0.6 is 24.0 Å². The smallest absolute Gasteiger partial charge is 0.212 e. The Balaban J connectivity index is 0.00000361. The first-order valence-electron chi connectivity index (χ1n) is 6.73. The Morgan fingerprint density at radius 2 is 2.15 bits per heavy atom. The molecule has 0 aliphatic heterocycles. The van der Waals surface area contributed by atoms with Gasteiger partial charge in [0.25, 0.3) is 0 Å². The van der Waals surface area contributed by atoms with Gasteiger partial charge in [0.2, 0.25) is 5.88 Å². The topological polar surface area (TPSA) is 58.5 Å². The summed E-state index contributed by atoms with van der Waals surface area (Å²) in [6.07, 6.45) is 2.85. The molecule has 1 heterocycles. The van der Waals surface area contributed by atoms with Crippen LogP contribution in [0.5, 0.6) is 5.88 Å². The van der Waals surface area contributed by atoms with Gasteiger partial charge >= 0.3 is 0 Å². The van der Waals surface area contributed by atoms with Crippen molar-refractivity contribution in [3.05, 3.63) is 23.9 Å². The van der Waals surface area contributed by atoms with E-state index in [4.69, 9.17) is 4.74 Å². The van der Waals surface area contributed by atoms with Gasteiger partial charge in [-0.25, -0.2) is 9.98 Å². The van der Waals surface area contributed by atoms with Crippen molar-refractivity contribution in [3.63, 3.8) is 0 Å². The molecule has 0 aliphatic rings. The Labute approximate surface area is 138 Å². The van der Waals surface area contributed by atoms with Crippen molar-refractivity contribution in [2.24, 2.45) is 4.99 Å². The summed E-state index contributed by atoms with van der Waals surface area (Å²) in [6, 6.07) is 4.23. The highest BCUT2D eigenvalue weighted by molar-refractivity contribution is 14.0. The molecular formula is C14H25IN4O. The maximum absolute atomic E-state index is 5.03. The normalized spacial score (nSPS) is 12.3. The lowest BCUT2D eigenvalue weighted by Crippen LogP contribution is -2.41. The molecule has 0 saturated heterocycles. The molecule has 0 bridgehead atoms. The number of hydrogen-bond acceptors (Lipinski definition) is 3. The fourth-order valence-electron chi connectivity index (χ4n) is 1.45. The Bertz CT molecular complexity index is 395. The van der Waals surface area contributed by atoms with E-state index in [1.807, 2.05) is 12.1 Å². The summed E-state index contributed by atoms with van der Waals surface area (Å²) >= 11 is 0. The third-order valence-electron chi connectivity index (χ3n) is 2.77. The number of aliphatic imine (C=N–C) groups is 1. The molecule has 0 spiro atoms. The zero-order valence-electron chi connectivity index (χ0n) is 12.6. The zero-order chi connectivity index (χ0) is 14.1. The highest BCUT2D eigenvalue weighted by Crippen LogP contribution is 2.07. The molecule has 114 valence electrons. The van der Waals surface area contributed by atoms with Crippen molar-refractivity contribution in [2.75, 3.05) is 13.7 Å². The highest BCUT2D eigenvalue weighted by Gasteiger charge is 2.02. The van der Waals surface area contributed by atoms with E-state index in [-0.39, 0.29) is 24.0 Å². The number of nitrogens with one attached hydrogen (secondary N) is 2. The Kier molecular flexibility index (Phi) is 10.1. The van der Waals surface area contributed by atoms with E-state index >= 15 is 0 Å². The summed E-state index contributed by atoms with van der Waals surface area (Å²) < 4.78 is 5.03. The minimum Gasteiger partial charge on any atom is -0.481 e. The molecule has 0 radical (unpaired) electrons. The number of ether oxygens (including phenoxy) is 1. The van der Waals surface area contributed by atoms with Crippen LogP contribution < -0.4 is 15.4 Å². The number of rotatable bonds is 6. The van der Waals surface area contributed by atoms with Crippen molar-refractivity contribution in [1.82, 2.24) is 15.6 Å². The summed E-state index contributed by atoms with van der Waals surface area (Å²) in [5.41, 5.74) is 1.06. The van der Waals surface area contributed by atoms with Crippen LogP contribution in [0.4, 0.5) is 0 Å². The largest absolute Gasteiger partial charge is 0.481 e. The van der Waals surface area contributed by atoms with Gasteiger partial charge in [0.1, 0.15) is 0 Å². The molecular weight excluding hydrogens is 367 g/mol. The second kappa shape index (κ2) is 10.7. The molecule has 0 saturated carbocycles. The van der Waals surface area contributed by atoms with Crippen LogP contribution in [0.1, 0.15) is 32.8 Å². The summed E-state index contributed by atoms with van der Waals surface area (Å²) in [4.78, 5) is 8.71. The molecule has 0 fully saturated rings. The standard InChI is InChI=1S/C14H24N4O.HI/c1-5-11(3)18-14(15-6-2)17-10-12-7-8-13(19-4)16-9-12;/h7-9,11H,5-6,10H2,1-4H3,(H2,15,17,18);1H. The van der Waals surface area contributed by atoms with Crippen molar-refractivity contribution in [3.8, 4) is 5.88 Å². The fraction of sp³-hybridized carbons (Fsp3) is 0.571. The van der Waals surface area contributed by atoms with Crippen LogP contribution in [0.2, 0.25) is 0 Å². The maximum Gasteiger partial charge on any atom is 0.212 e. The molecule has 2 N–H and O–H groups in total. The van der Waals surface area contributed by atoms with Crippen LogP contribution in [0.25, 0.3) is 0 Å². The Morgan fingerprint density at radius 3 is 2.65 bits per heavy atom. The van der Waals surface area contributed by atoms with E-state index in [1.54, 1.807) is 13.3 Å². The van der Waals surface area contributed by atoms with Crippen molar-refractivity contribution < 1.29 is 4.74 Å². The average molecular weight is 392 g/mol. The van der Waals surface area contributed by atoms with E-state index in [0.29, 0.717) is 18.5 Å². The minimum absolute atomic E-state index is 0. The lowest BCUT2D eigenvalue weighted by molar-refractivity contribution is 0.397. The fourth-order valence-corrected chi connectivity index (χ4v) is 1.45. The molecule has 1 atom stereocenters. The molecule has 6 heteroatoms. The summed E-state index contributed by atoms with van der Waals surface area (Å²) in [5.74, 6) is 1.46. The lowest BCUT2D eigenvalue weighted by atomic mass is 10.3. The predicted molar refractivity (Wildman–Crippen MR) is 93.9 cm³/mol. The van der Waals surface area contributed by atoms with E-state index in [0.717, 1.165) is 24.5 Å². The zero-order valence-corrected chi connectivity index (χ0v) is 15.0. The third-order valence-corrected chi connectivity index (χ3v) is 2.77. The molecule has 1 rings (SSSR count). The number of aromatic nitrogens is 1. The van der Waals surface area contributed by atoms with Crippen LogP contribution in [0.3, 0.4) is 0 Å². The summed E-state index contributed by atoms with van der Waals surface area (Å²) in [6.45, 7) is 7.80. The number of hydrogen-bond donors (Lipinski definition) is 2. The summed E-state index contributed by atoms with van der Waals surface area (Å²) in [5, 5.41) is 6.59. The Hall–Kier alpha value is -1.05. The van der Waals surface area contributed by atoms with Crippen LogP contribution in [0, 0.1) is 0 Å². The first kappa shape index (κ1) is 18.9. The number of halogens is 1. The second-order valence-corrected chi connectivity index (χ2v) is 4.36. The number of pyridine rings is 1. The van der Waals surface area contributed by atoms with Gasteiger partial charge in [0.15, 0.2) is 5.96 Å². The second-order valence-electron chi connectivity index (χ2n) is 4.36. The number of methoxy groups -OCH3 is 1. The van der Waals surface area contributed by atoms with E-state index < -0.39 is 0 Å². The summed E-state index contributed by atoms with van der Waals surface area (Å²) in [7, 11) is 1.61. The maximum atomic E-state index is 5.03. The number of guanidine groups is 1. The van der Waals surface area contributed by atoms with E-state index in [9.17, 15) is 0 Å². The van der Waals surface area contributed by atoms with Crippen molar-refractivity contribution >= 4 is 29.9 Å². The van der Waals surface area contributed by atoms with Gasteiger partial charge in [0.05, 0.1) is 13.7 Å². The molecule has 5 nitrogen and oxygen atoms in total. The van der Waals surface area contributed by atoms with E-state index in [1.165, 1.54) is 0 Å². The molecule has 20 heavy (non-hydrogen) atoms. The van der Waals surface area contributed by atoms with Crippen LogP contribution in [-0.4, -0.2) is 30.6 Å². The monoisotopic (exact) mass is 392 g/mol. The van der Waals surface area contributed by atoms with Gasteiger partial charge < -0.3 is 15.4 Å². The minimum atomic E-state index is 0. The highest BCUT2D eigenvalue weighted by atomic mass is 127. The van der Waals surface area contributed by atoms with Crippen molar-refractivity contribution in [1.29, 1.82) is 0 Å². The van der Waals surface area contributed by atoms with Gasteiger partial charge in [0, 0.05) is 24.8 Å². The number of nitrogens with zero attached hydrogens (tertiary/aromatic N) is 2. The van der Waals surface area contributed by atoms with E-state index in [2.05, 4.69) is 41.4 Å². The molecule has 1 unspecified atom stereocenters. The molecule has 0 aromatic carbocycles. The van der Waals surface area contributed by atoms with Gasteiger partial charge in [-0.1, -0.05) is 13.0 Å². The third kappa shape index (κ3) is 6.93. The Morgan fingerprint density at radius 1 is 1.40 bits per heavy atom. The SMILES string of the molecule is CCNC(=NCc1ccc(OC)nc1)NC(C)CC.I. The first-order valence-corrected chi connectivity index (χ1v) is 6.73. The molecule has 1 aromatic heterocycles. The van der Waals surface area contributed by atoms with Gasteiger partial charge in [-0.05, 0) is 25.8 Å². The molecule has 0 amide bonds. The lowest BCUT2D eigenvalue weighted by Gasteiger charge is -2.16. The van der Waals surface area contributed by atoms with Gasteiger partial charge in [-0.15, -0.1) is 24.0 Å². The van der Waals surface area contributed by atoms with Crippen molar-refractivity contribution in [2.45, 2.75) is 39.8 Å². The quantitative estimate of drug-likeness (QED) is 0.444. The molecule has 1 aromatic rings. The van der Waals surface area contributed by atoms with Crippen LogP contribution in [0.15, 0.2) is 23.3 Å².